The maximum absolute atomic E-state index is 13.2. The van der Waals surface area contributed by atoms with E-state index in [0.29, 0.717) is 5.39 Å². The van der Waals surface area contributed by atoms with E-state index in [9.17, 15) is 18.0 Å². The molecule has 1 aromatic heterocycles. The summed E-state index contributed by atoms with van der Waals surface area (Å²) in [4.78, 5) is 20.2. The number of fused-ring (bicyclic) bond motifs is 2. The van der Waals surface area contributed by atoms with Gasteiger partial charge in [-0.05, 0) is 43.4 Å². The fraction of sp³-hybridized carbons (Fsp3) is 0.318. The molecular weight excluding hydrogens is 411 g/mol. The van der Waals surface area contributed by atoms with Crippen LogP contribution in [0.15, 0.2) is 53.6 Å². The van der Waals surface area contributed by atoms with Crippen molar-refractivity contribution in [3.05, 3.63) is 65.5 Å². The van der Waals surface area contributed by atoms with Crippen molar-refractivity contribution >= 4 is 28.6 Å². The molecule has 1 aliphatic rings. The summed E-state index contributed by atoms with van der Waals surface area (Å²) in [5, 5.41) is 3.10. The third-order valence-electron chi connectivity index (χ3n) is 5.17. The average molecular weight is 431 g/mol. The van der Waals surface area contributed by atoms with E-state index in [1.807, 2.05) is 18.2 Å². The summed E-state index contributed by atoms with van der Waals surface area (Å²) in [6.07, 6.45) is -1.85. The predicted octanol–water partition coefficient (Wildman–Crippen LogP) is 5.32. The number of aromatic nitrogens is 2. The molecule has 156 valence electrons. The Kier molecular flexibility index (Phi) is 5.69. The predicted molar refractivity (Wildman–Crippen MR) is 110 cm³/mol. The standard InChI is InChI=1S/C22H20F3N3OS/c1-13(19(29)26-17-12-6-8-14-7-2-3-9-15(14)17)30-20-16-10-4-5-11-18(16)27-21(28-20)22(23,24)25/h2-5,7,9-11,13,17H,6,8,12H2,1H3,(H,26,29)/t13-,17-/m0/s1. The zero-order valence-electron chi connectivity index (χ0n) is 16.2. The summed E-state index contributed by atoms with van der Waals surface area (Å²) in [5.74, 6) is -1.42. The fourth-order valence-corrected chi connectivity index (χ4v) is 4.63. The van der Waals surface area contributed by atoms with Crippen LogP contribution in [0.4, 0.5) is 13.2 Å². The molecule has 4 rings (SSSR count). The number of aryl methyl sites for hydroxylation is 1. The van der Waals surface area contributed by atoms with Gasteiger partial charge in [-0.3, -0.25) is 4.79 Å². The van der Waals surface area contributed by atoms with Crippen molar-refractivity contribution in [1.82, 2.24) is 15.3 Å². The van der Waals surface area contributed by atoms with Crippen LogP contribution in [0.2, 0.25) is 0 Å². The van der Waals surface area contributed by atoms with E-state index in [2.05, 4.69) is 21.4 Å². The van der Waals surface area contributed by atoms with Crippen LogP contribution in [-0.2, 0) is 17.4 Å². The van der Waals surface area contributed by atoms with Gasteiger partial charge in [0.25, 0.3) is 0 Å². The summed E-state index contributed by atoms with van der Waals surface area (Å²) < 4.78 is 39.7. The number of benzene rings is 2. The van der Waals surface area contributed by atoms with Gasteiger partial charge in [0.1, 0.15) is 5.03 Å². The maximum Gasteiger partial charge on any atom is 0.451 e. The monoisotopic (exact) mass is 431 g/mol. The molecule has 3 aromatic rings. The minimum absolute atomic E-state index is 0.0848. The number of amides is 1. The summed E-state index contributed by atoms with van der Waals surface area (Å²) in [6.45, 7) is 1.68. The number of para-hydroxylation sites is 1. The minimum Gasteiger partial charge on any atom is -0.348 e. The molecule has 8 heteroatoms. The maximum atomic E-state index is 13.2. The van der Waals surface area contributed by atoms with E-state index >= 15 is 0 Å². The van der Waals surface area contributed by atoms with Crippen molar-refractivity contribution in [1.29, 1.82) is 0 Å². The highest BCUT2D eigenvalue weighted by atomic mass is 32.2. The highest BCUT2D eigenvalue weighted by molar-refractivity contribution is 8.00. The molecule has 1 aliphatic carbocycles. The Labute approximate surface area is 176 Å². The molecule has 0 unspecified atom stereocenters. The van der Waals surface area contributed by atoms with Crippen molar-refractivity contribution in [2.75, 3.05) is 0 Å². The normalized spacial score (nSPS) is 17.4. The first-order valence-electron chi connectivity index (χ1n) is 9.72. The van der Waals surface area contributed by atoms with Crippen LogP contribution in [0.3, 0.4) is 0 Å². The van der Waals surface area contributed by atoms with Gasteiger partial charge in [0, 0.05) is 5.39 Å². The number of hydrogen-bond donors (Lipinski definition) is 1. The van der Waals surface area contributed by atoms with Gasteiger partial charge in [-0.2, -0.15) is 13.2 Å². The number of halogens is 3. The Hall–Kier alpha value is -2.61. The second-order valence-electron chi connectivity index (χ2n) is 7.28. The Balaban J connectivity index is 1.56. The number of carbonyl (C=O) groups is 1. The topological polar surface area (TPSA) is 54.9 Å². The summed E-state index contributed by atoms with van der Waals surface area (Å²) in [7, 11) is 0. The van der Waals surface area contributed by atoms with Crippen molar-refractivity contribution in [2.45, 2.75) is 48.7 Å². The van der Waals surface area contributed by atoms with Crippen LogP contribution in [-0.4, -0.2) is 21.1 Å². The largest absolute Gasteiger partial charge is 0.451 e. The zero-order chi connectivity index (χ0) is 21.3. The molecule has 1 heterocycles. The van der Waals surface area contributed by atoms with Gasteiger partial charge >= 0.3 is 6.18 Å². The molecule has 0 fully saturated rings. The SMILES string of the molecule is C[C@H](Sc1nc(C(F)(F)F)nc2ccccc12)C(=O)N[C@H]1CCCc2ccccc21. The minimum atomic E-state index is -4.66. The van der Waals surface area contributed by atoms with Crippen LogP contribution in [0.5, 0.6) is 0 Å². The van der Waals surface area contributed by atoms with Gasteiger partial charge in [-0.25, -0.2) is 9.97 Å². The van der Waals surface area contributed by atoms with Crippen molar-refractivity contribution in [2.24, 2.45) is 0 Å². The molecule has 2 atom stereocenters. The lowest BCUT2D eigenvalue weighted by atomic mass is 9.88. The van der Waals surface area contributed by atoms with E-state index in [1.54, 1.807) is 25.1 Å². The van der Waals surface area contributed by atoms with Gasteiger partial charge in [0.2, 0.25) is 11.7 Å². The molecule has 30 heavy (non-hydrogen) atoms. The van der Waals surface area contributed by atoms with E-state index < -0.39 is 17.3 Å². The summed E-state index contributed by atoms with van der Waals surface area (Å²) in [5.41, 5.74) is 2.54. The van der Waals surface area contributed by atoms with E-state index in [0.717, 1.165) is 36.6 Å². The van der Waals surface area contributed by atoms with Crippen molar-refractivity contribution < 1.29 is 18.0 Å². The third-order valence-corrected chi connectivity index (χ3v) is 6.27. The molecule has 0 aliphatic heterocycles. The number of alkyl halides is 3. The Morgan fingerprint density at radius 2 is 1.87 bits per heavy atom. The Bertz CT molecular complexity index is 1090. The van der Waals surface area contributed by atoms with E-state index in [-0.39, 0.29) is 22.5 Å². The Morgan fingerprint density at radius 1 is 1.13 bits per heavy atom. The number of nitrogens with zero attached hydrogens (tertiary/aromatic N) is 2. The lowest BCUT2D eigenvalue weighted by Gasteiger charge is -2.27. The molecule has 0 bridgehead atoms. The van der Waals surface area contributed by atoms with Gasteiger partial charge < -0.3 is 5.32 Å². The number of thioether (sulfide) groups is 1. The molecule has 0 spiro atoms. The van der Waals surface area contributed by atoms with Crippen molar-refractivity contribution in [3.8, 4) is 0 Å². The molecule has 1 amide bonds. The highest BCUT2D eigenvalue weighted by Crippen LogP contribution is 2.34. The van der Waals surface area contributed by atoms with Crippen LogP contribution in [0, 0.1) is 0 Å². The van der Waals surface area contributed by atoms with Gasteiger partial charge in [0.05, 0.1) is 16.8 Å². The molecule has 0 saturated carbocycles. The molecule has 0 saturated heterocycles. The van der Waals surface area contributed by atoms with Crippen LogP contribution in [0.25, 0.3) is 10.9 Å². The first kappa shape index (κ1) is 20.7. The first-order chi connectivity index (χ1) is 14.3. The quantitative estimate of drug-likeness (QED) is 0.449. The average Bonchev–Trinajstić information content (AvgIpc) is 2.73. The van der Waals surface area contributed by atoms with E-state index in [1.165, 1.54) is 11.6 Å². The van der Waals surface area contributed by atoms with Crippen LogP contribution >= 0.6 is 11.8 Å². The Morgan fingerprint density at radius 3 is 2.67 bits per heavy atom. The van der Waals surface area contributed by atoms with Gasteiger partial charge in [-0.15, -0.1) is 0 Å². The number of carbonyl (C=O) groups excluding carboxylic acids is 1. The number of hydrogen-bond acceptors (Lipinski definition) is 4. The lowest BCUT2D eigenvalue weighted by Crippen LogP contribution is -2.36. The summed E-state index contributed by atoms with van der Waals surface area (Å²) >= 11 is 1.02. The molecule has 1 N–H and O–H groups in total. The van der Waals surface area contributed by atoms with Crippen LogP contribution < -0.4 is 5.32 Å². The number of rotatable bonds is 4. The third kappa shape index (κ3) is 4.28. The second kappa shape index (κ2) is 8.26. The zero-order valence-corrected chi connectivity index (χ0v) is 17.1. The second-order valence-corrected chi connectivity index (χ2v) is 8.61. The summed E-state index contributed by atoms with van der Waals surface area (Å²) in [6, 6.07) is 14.5. The van der Waals surface area contributed by atoms with Crippen LogP contribution in [0.1, 0.15) is 42.8 Å². The first-order valence-corrected chi connectivity index (χ1v) is 10.6. The smallest absolute Gasteiger partial charge is 0.348 e. The molecular formula is C22H20F3N3OS. The fourth-order valence-electron chi connectivity index (χ4n) is 3.68. The molecule has 2 aromatic carbocycles. The van der Waals surface area contributed by atoms with Gasteiger partial charge in [-0.1, -0.05) is 54.2 Å². The van der Waals surface area contributed by atoms with E-state index in [4.69, 9.17) is 0 Å². The molecule has 0 radical (unpaired) electrons. The highest BCUT2D eigenvalue weighted by Gasteiger charge is 2.36. The van der Waals surface area contributed by atoms with Gasteiger partial charge in [0.15, 0.2) is 0 Å². The lowest BCUT2D eigenvalue weighted by molar-refractivity contribution is -0.145. The molecule has 4 nitrogen and oxygen atoms in total. The number of nitrogens with one attached hydrogen (secondary N) is 1. The van der Waals surface area contributed by atoms with Crippen molar-refractivity contribution in [3.63, 3.8) is 0 Å².